The van der Waals surface area contributed by atoms with Gasteiger partial charge in [0.1, 0.15) is 12.1 Å². The summed E-state index contributed by atoms with van der Waals surface area (Å²) in [5, 5.41) is 6.36. The summed E-state index contributed by atoms with van der Waals surface area (Å²) in [5.74, 6) is 0.860. The van der Waals surface area contributed by atoms with Crippen molar-refractivity contribution in [2.45, 2.75) is 0 Å². The molecule has 2 aromatic rings. The Bertz CT molecular complexity index is 611. The number of anilines is 1. The van der Waals surface area contributed by atoms with Gasteiger partial charge >= 0.3 is 5.69 Å². The third-order valence-corrected chi connectivity index (χ3v) is 3.44. The van der Waals surface area contributed by atoms with Gasteiger partial charge in [-0.15, -0.1) is 0 Å². The molecular formula is C11H17N7O. The Balaban J connectivity index is 1.76. The summed E-state index contributed by atoms with van der Waals surface area (Å²) in [5.41, 5.74) is 5.89. The Kier molecular flexibility index (Phi) is 3.18. The van der Waals surface area contributed by atoms with Crippen molar-refractivity contribution in [2.75, 3.05) is 44.2 Å². The number of hydrogen-bond acceptors (Lipinski definition) is 6. The van der Waals surface area contributed by atoms with E-state index in [9.17, 15) is 4.79 Å². The molecule has 0 atom stereocenters. The lowest BCUT2D eigenvalue weighted by atomic mass is 10.3. The third kappa shape index (κ3) is 2.32. The number of H-pyrrole nitrogens is 1. The van der Waals surface area contributed by atoms with Crippen LogP contribution in [0.1, 0.15) is 0 Å². The molecule has 0 amide bonds. The fraction of sp³-hybridized carbons (Fsp3) is 0.545. The van der Waals surface area contributed by atoms with E-state index in [1.54, 1.807) is 0 Å². The topological polar surface area (TPSA) is 95.5 Å². The minimum absolute atomic E-state index is 0.262. The summed E-state index contributed by atoms with van der Waals surface area (Å²) >= 11 is 0. The van der Waals surface area contributed by atoms with Crippen LogP contribution in [0.3, 0.4) is 0 Å². The first-order valence-corrected chi connectivity index (χ1v) is 6.38. The van der Waals surface area contributed by atoms with Gasteiger partial charge in [0, 0.05) is 45.3 Å². The molecule has 2 aromatic heterocycles. The van der Waals surface area contributed by atoms with Gasteiger partial charge in [0.25, 0.3) is 0 Å². The zero-order valence-corrected chi connectivity index (χ0v) is 10.6. The van der Waals surface area contributed by atoms with Gasteiger partial charge in [0.05, 0.1) is 0 Å². The van der Waals surface area contributed by atoms with Gasteiger partial charge in [-0.05, 0) is 0 Å². The molecule has 0 aliphatic carbocycles. The van der Waals surface area contributed by atoms with Crippen molar-refractivity contribution in [1.29, 1.82) is 0 Å². The molecule has 1 aliphatic rings. The molecule has 1 fully saturated rings. The highest BCUT2D eigenvalue weighted by Crippen LogP contribution is 2.13. The largest absolute Gasteiger partial charge is 0.354 e. The molecule has 19 heavy (non-hydrogen) atoms. The van der Waals surface area contributed by atoms with Crippen LogP contribution in [-0.2, 0) is 0 Å². The van der Waals surface area contributed by atoms with Crippen LogP contribution in [0, 0.1) is 0 Å². The molecule has 102 valence electrons. The second kappa shape index (κ2) is 4.98. The maximum absolute atomic E-state index is 11.4. The van der Waals surface area contributed by atoms with E-state index >= 15 is 0 Å². The molecule has 3 N–H and O–H groups in total. The molecule has 8 nitrogen and oxygen atoms in total. The zero-order valence-electron chi connectivity index (χ0n) is 10.6. The monoisotopic (exact) mass is 263 g/mol. The van der Waals surface area contributed by atoms with Gasteiger partial charge in [0.15, 0.2) is 5.65 Å². The highest BCUT2D eigenvalue weighted by Gasteiger charge is 2.18. The summed E-state index contributed by atoms with van der Waals surface area (Å²) in [6.45, 7) is 5.43. The SMILES string of the molecule is NCCN1CCN(c2cc3n[nH]c(=O)n3cn2)CC1. The molecule has 8 heteroatoms. The number of nitrogens with one attached hydrogen (secondary N) is 1. The van der Waals surface area contributed by atoms with Gasteiger partial charge in [-0.1, -0.05) is 0 Å². The lowest BCUT2D eigenvalue weighted by molar-refractivity contribution is 0.264. The summed E-state index contributed by atoms with van der Waals surface area (Å²) in [6, 6.07) is 1.83. The average Bonchev–Trinajstić information content (AvgIpc) is 2.81. The predicted octanol–water partition coefficient (Wildman–Crippen LogP) is -1.50. The summed E-state index contributed by atoms with van der Waals surface area (Å²) in [4.78, 5) is 20.2. The minimum atomic E-state index is -0.262. The lowest BCUT2D eigenvalue weighted by Crippen LogP contribution is -2.48. The number of fused-ring (bicyclic) bond motifs is 1. The first-order chi connectivity index (χ1) is 9.28. The fourth-order valence-electron chi connectivity index (χ4n) is 2.36. The molecule has 0 spiro atoms. The molecule has 1 saturated heterocycles. The van der Waals surface area contributed by atoms with Crippen molar-refractivity contribution in [1.82, 2.24) is 24.5 Å². The first-order valence-electron chi connectivity index (χ1n) is 6.38. The van der Waals surface area contributed by atoms with Crippen molar-refractivity contribution >= 4 is 11.5 Å². The second-order valence-electron chi connectivity index (χ2n) is 4.62. The van der Waals surface area contributed by atoms with E-state index in [1.807, 2.05) is 6.07 Å². The van der Waals surface area contributed by atoms with E-state index in [0.717, 1.165) is 38.5 Å². The number of aromatic nitrogens is 4. The molecule has 1 aliphatic heterocycles. The number of rotatable bonds is 3. The van der Waals surface area contributed by atoms with E-state index in [1.165, 1.54) is 10.7 Å². The van der Waals surface area contributed by atoms with Crippen LogP contribution >= 0.6 is 0 Å². The summed E-state index contributed by atoms with van der Waals surface area (Å²) in [7, 11) is 0. The first kappa shape index (κ1) is 12.1. The van der Waals surface area contributed by atoms with Crippen LogP contribution in [0.15, 0.2) is 17.2 Å². The zero-order chi connectivity index (χ0) is 13.2. The number of aromatic amines is 1. The Labute approximate surface area is 109 Å². The normalized spacial score (nSPS) is 17.2. The van der Waals surface area contributed by atoms with E-state index < -0.39 is 0 Å². The lowest BCUT2D eigenvalue weighted by Gasteiger charge is -2.35. The van der Waals surface area contributed by atoms with Crippen LogP contribution in [0.4, 0.5) is 5.82 Å². The Hall–Kier alpha value is -1.93. The molecule has 0 bridgehead atoms. The van der Waals surface area contributed by atoms with Gasteiger partial charge in [0.2, 0.25) is 0 Å². The van der Waals surface area contributed by atoms with E-state index in [0.29, 0.717) is 12.2 Å². The highest BCUT2D eigenvalue weighted by atomic mass is 16.1. The molecule has 0 unspecified atom stereocenters. The Morgan fingerprint density at radius 2 is 2.11 bits per heavy atom. The molecule has 0 aromatic carbocycles. The van der Waals surface area contributed by atoms with Crippen molar-refractivity contribution in [3.63, 3.8) is 0 Å². The van der Waals surface area contributed by atoms with E-state index in [4.69, 9.17) is 5.73 Å². The second-order valence-corrected chi connectivity index (χ2v) is 4.62. The highest BCUT2D eigenvalue weighted by molar-refractivity contribution is 5.50. The smallest absolute Gasteiger partial charge is 0.348 e. The Morgan fingerprint density at radius 3 is 2.84 bits per heavy atom. The maximum atomic E-state index is 11.4. The van der Waals surface area contributed by atoms with Crippen LogP contribution in [-0.4, -0.2) is 63.8 Å². The number of nitrogens with zero attached hydrogens (tertiary/aromatic N) is 5. The minimum Gasteiger partial charge on any atom is -0.354 e. The average molecular weight is 263 g/mol. The number of piperazine rings is 1. The molecular weight excluding hydrogens is 246 g/mol. The van der Waals surface area contributed by atoms with Crippen molar-refractivity contribution < 1.29 is 0 Å². The van der Waals surface area contributed by atoms with E-state index in [2.05, 4.69) is 25.0 Å². The van der Waals surface area contributed by atoms with Crippen LogP contribution in [0.2, 0.25) is 0 Å². The molecule has 3 rings (SSSR count). The van der Waals surface area contributed by atoms with Gasteiger partial charge in [-0.25, -0.2) is 19.3 Å². The predicted molar refractivity (Wildman–Crippen MR) is 71.3 cm³/mol. The molecule has 0 radical (unpaired) electrons. The van der Waals surface area contributed by atoms with Crippen molar-refractivity contribution in [3.05, 3.63) is 22.9 Å². The summed E-state index contributed by atoms with van der Waals surface area (Å²) in [6.07, 6.45) is 1.52. The maximum Gasteiger partial charge on any atom is 0.348 e. The quantitative estimate of drug-likeness (QED) is 0.699. The van der Waals surface area contributed by atoms with Gasteiger partial charge < -0.3 is 10.6 Å². The standard InChI is InChI=1S/C11H17N7O/c12-1-2-16-3-5-17(6-4-16)9-7-10-14-15-11(19)18(10)8-13-9/h7-8H,1-6,12H2,(H,15,19). The van der Waals surface area contributed by atoms with Crippen LogP contribution in [0.5, 0.6) is 0 Å². The van der Waals surface area contributed by atoms with Gasteiger partial charge in [-0.2, -0.15) is 5.10 Å². The molecule has 0 saturated carbocycles. The van der Waals surface area contributed by atoms with Crippen molar-refractivity contribution in [2.24, 2.45) is 5.73 Å². The Morgan fingerprint density at radius 1 is 1.32 bits per heavy atom. The number of nitrogens with two attached hydrogens (primary N) is 1. The van der Waals surface area contributed by atoms with Crippen LogP contribution in [0.25, 0.3) is 5.65 Å². The van der Waals surface area contributed by atoms with Gasteiger partial charge in [-0.3, -0.25) is 4.90 Å². The van der Waals surface area contributed by atoms with Crippen LogP contribution < -0.4 is 16.3 Å². The third-order valence-electron chi connectivity index (χ3n) is 3.44. The summed E-state index contributed by atoms with van der Waals surface area (Å²) < 4.78 is 1.40. The fourth-order valence-corrected chi connectivity index (χ4v) is 2.36. The number of hydrogen-bond donors (Lipinski definition) is 2. The molecule has 3 heterocycles. The van der Waals surface area contributed by atoms with Crippen molar-refractivity contribution in [3.8, 4) is 0 Å². The van der Waals surface area contributed by atoms with E-state index in [-0.39, 0.29) is 5.69 Å².